The zero-order chi connectivity index (χ0) is 13.8. The molecule has 0 bridgehead atoms. The van der Waals surface area contributed by atoms with Crippen molar-refractivity contribution >= 4 is 5.69 Å². The van der Waals surface area contributed by atoms with Crippen LogP contribution in [0.2, 0.25) is 0 Å². The van der Waals surface area contributed by atoms with Crippen LogP contribution >= 0.6 is 0 Å². The molecule has 0 fully saturated rings. The number of hydrogen-bond donors (Lipinski definition) is 1. The van der Waals surface area contributed by atoms with E-state index in [0.717, 1.165) is 12.1 Å². The van der Waals surface area contributed by atoms with E-state index >= 15 is 0 Å². The van der Waals surface area contributed by atoms with Gasteiger partial charge in [-0.2, -0.15) is 5.26 Å². The summed E-state index contributed by atoms with van der Waals surface area (Å²) in [4.78, 5) is 0. The molecule has 2 aromatic rings. The molecular formula is C15H12F2N2. The van der Waals surface area contributed by atoms with Crippen molar-refractivity contribution in [2.45, 2.75) is 13.0 Å². The lowest BCUT2D eigenvalue weighted by atomic mass is 10.1. The Bertz CT molecular complexity index is 632. The van der Waals surface area contributed by atoms with E-state index in [4.69, 9.17) is 5.26 Å². The molecule has 0 aliphatic rings. The third-order valence-electron chi connectivity index (χ3n) is 2.86. The molecular weight excluding hydrogens is 246 g/mol. The molecule has 96 valence electrons. The Hall–Kier alpha value is -2.41. The van der Waals surface area contributed by atoms with Gasteiger partial charge in [0.1, 0.15) is 6.07 Å². The zero-order valence-corrected chi connectivity index (χ0v) is 10.3. The van der Waals surface area contributed by atoms with Crippen LogP contribution in [0.25, 0.3) is 0 Å². The number of rotatable bonds is 3. The Kier molecular flexibility index (Phi) is 3.76. The molecule has 0 aliphatic carbocycles. The monoisotopic (exact) mass is 258 g/mol. The van der Waals surface area contributed by atoms with Crippen molar-refractivity contribution in [3.8, 4) is 6.07 Å². The van der Waals surface area contributed by atoms with Gasteiger partial charge in [0.2, 0.25) is 0 Å². The van der Waals surface area contributed by atoms with Crippen LogP contribution in [0, 0.1) is 23.0 Å². The highest BCUT2D eigenvalue weighted by molar-refractivity contribution is 5.58. The molecule has 2 aromatic carbocycles. The predicted molar refractivity (Wildman–Crippen MR) is 69.6 cm³/mol. The SMILES string of the molecule is CC(Nc1ccccc1C#N)c1ccc(F)c(F)c1. The van der Waals surface area contributed by atoms with Gasteiger partial charge < -0.3 is 5.32 Å². The standard InChI is InChI=1S/C15H12F2N2/c1-10(11-6-7-13(16)14(17)8-11)19-15-5-3-2-4-12(15)9-18/h2-8,10,19H,1H3. The number of benzene rings is 2. The molecule has 1 N–H and O–H groups in total. The molecule has 2 nitrogen and oxygen atoms in total. The van der Waals surface area contributed by atoms with Gasteiger partial charge in [0.05, 0.1) is 11.3 Å². The highest BCUT2D eigenvalue weighted by Gasteiger charge is 2.10. The van der Waals surface area contributed by atoms with E-state index in [0.29, 0.717) is 16.8 Å². The van der Waals surface area contributed by atoms with Gasteiger partial charge in [-0.1, -0.05) is 18.2 Å². The van der Waals surface area contributed by atoms with E-state index < -0.39 is 11.6 Å². The van der Waals surface area contributed by atoms with Crippen LogP contribution in [-0.4, -0.2) is 0 Å². The van der Waals surface area contributed by atoms with Gasteiger partial charge in [0.25, 0.3) is 0 Å². The van der Waals surface area contributed by atoms with Gasteiger partial charge in [-0.25, -0.2) is 8.78 Å². The fourth-order valence-electron chi connectivity index (χ4n) is 1.80. The van der Waals surface area contributed by atoms with Crippen molar-refractivity contribution in [2.75, 3.05) is 5.32 Å². The van der Waals surface area contributed by atoms with E-state index in [-0.39, 0.29) is 6.04 Å². The lowest BCUT2D eigenvalue weighted by molar-refractivity contribution is 0.506. The van der Waals surface area contributed by atoms with E-state index in [1.807, 2.05) is 6.92 Å². The molecule has 4 heteroatoms. The first kappa shape index (κ1) is 13.0. The average molecular weight is 258 g/mol. The van der Waals surface area contributed by atoms with Gasteiger partial charge in [-0.15, -0.1) is 0 Å². The number of hydrogen-bond acceptors (Lipinski definition) is 2. The number of nitrogens with zero attached hydrogens (tertiary/aromatic N) is 1. The molecule has 0 saturated heterocycles. The Morgan fingerprint density at radius 1 is 1.11 bits per heavy atom. The minimum Gasteiger partial charge on any atom is -0.377 e. The third kappa shape index (κ3) is 2.89. The number of para-hydroxylation sites is 1. The van der Waals surface area contributed by atoms with Gasteiger partial charge in [-0.3, -0.25) is 0 Å². The van der Waals surface area contributed by atoms with Crippen molar-refractivity contribution in [3.63, 3.8) is 0 Å². The molecule has 0 radical (unpaired) electrons. The topological polar surface area (TPSA) is 35.8 Å². The Morgan fingerprint density at radius 2 is 1.84 bits per heavy atom. The smallest absolute Gasteiger partial charge is 0.159 e. The van der Waals surface area contributed by atoms with E-state index in [2.05, 4.69) is 11.4 Å². The Balaban J connectivity index is 2.23. The maximum absolute atomic E-state index is 13.2. The lowest BCUT2D eigenvalue weighted by Crippen LogP contribution is -2.08. The maximum atomic E-state index is 13.2. The molecule has 2 rings (SSSR count). The third-order valence-corrected chi connectivity index (χ3v) is 2.86. The van der Waals surface area contributed by atoms with Crippen LogP contribution in [0.5, 0.6) is 0 Å². The summed E-state index contributed by atoms with van der Waals surface area (Å²) in [7, 11) is 0. The highest BCUT2D eigenvalue weighted by Crippen LogP contribution is 2.23. The van der Waals surface area contributed by atoms with Crippen molar-refractivity contribution in [2.24, 2.45) is 0 Å². The molecule has 1 unspecified atom stereocenters. The summed E-state index contributed by atoms with van der Waals surface area (Å²) in [5, 5.41) is 12.1. The molecule has 0 aromatic heterocycles. The summed E-state index contributed by atoms with van der Waals surface area (Å²) in [6.07, 6.45) is 0. The number of nitrogens with one attached hydrogen (secondary N) is 1. The first-order valence-electron chi connectivity index (χ1n) is 5.82. The summed E-state index contributed by atoms with van der Waals surface area (Å²) in [6, 6.07) is 12.7. The first-order valence-corrected chi connectivity index (χ1v) is 5.82. The second kappa shape index (κ2) is 5.49. The molecule has 0 spiro atoms. The van der Waals surface area contributed by atoms with Crippen LogP contribution in [0.3, 0.4) is 0 Å². The fraction of sp³-hybridized carbons (Fsp3) is 0.133. The summed E-state index contributed by atoms with van der Waals surface area (Å²) >= 11 is 0. The summed E-state index contributed by atoms with van der Waals surface area (Å²) in [6.45, 7) is 1.82. The highest BCUT2D eigenvalue weighted by atomic mass is 19.2. The zero-order valence-electron chi connectivity index (χ0n) is 10.3. The number of nitriles is 1. The first-order chi connectivity index (χ1) is 9.11. The number of halogens is 2. The van der Waals surface area contributed by atoms with Crippen LogP contribution in [0.1, 0.15) is 24.1 Å². The van der Waals surface area contributed by atoms with Gasteiger partial charge in [0.15, 0.2) is 11.6 Å². The fourth-order valence-corrected chi connectivity index (χ4v) is 1.80. The van der Waals surface area contributed by atoms with Crippen molar-refractivity contribution in [1.82, 2.24) is 0 Å². The summed E-state index contributed by atoms with van der Waals surface area (Å²) in [5.74, 6) is -1.74. The molecule has 0 amide bonds. The van der Waals surface area contributed by atoms with Gasteiger partial charge >= 0.3 is 0 Å². The van der Waals surface area contributed by atoms with E-state index in [1.165, 1.54) is 6.07 Å². The average Bonchev–Trinajstić information content (AvgIpc) is 2.42. The van der Waals surface area contributed by atoms with Crippen LogP contribution < -0.4 is 5.32 Å². The van der Waals surface area contributed by atoms with Crippen molar-refractivity contribution in [3.05, 3.63) is 65.2 Å². The minimum absolute atomic E-state index is 0.232. The van der Waals surface area contributed by atoms with Crippen molar-refractivity contribution in [1.29, 1.82) is 5.26 Å². The van der Waals surface area contributed by atoms with Crippen LogP contribution in [0.15, 0.2) is 42.5 Å². The van der Waals surface area contributed by atoms with E-state index in [9.17, 15) is 8.78 Å². The molecule has 0 saturated carbocycles. The number of anilines is 1. The lowest BCUT2D eigenvalue weighted by Gasteiger charge is -2.16. The second-order valence-electron chi connectivity index (χ2n) is 4.20. The van der Waals surface area contributed by atoms with Crippen LogP contribution in [0.4, 0.5) is 14.5 Å². The maximum Gasteiger partial charge on any atom is 0.159 e. The normalized spacial score (nSPS) is 11.7. The van der Waals surface area contributed by atoms with Gasteiger partial charge in [-0.05, 0) is 36.8 Å². The largest absolute Gasteiger partial charge is 0.377 e. The summed E-state index contributed by atoms with van der Waals surface area (Å²) < 4.78 is 26.0. The Morgan fingerprint density at radius 3 is 2.53 bits per heavy atom. The summed E-state index contributed by atoms with van der Waals surface area (Å²) in [5.41, 5.74) is 1.80. The second-order valence-corrected chi connectivity index (χ2v) is 4.20. The molecule has 0 heterocycles. The quantitative estimate of drug-likeness (QED) is 0.902. The molecule has 19 heavy (non-hydrogen) atoms. The molecule has 0 aliphatic heterocycles. The van der Waals surface area contributed by atoms with Gasteiger partial charge in [0, 0.05) is 6.04 Å². The predicted octanol–water partition coefficient (Wildman–Crippen LogP) is 4.01. The van der Waals surface area contributed by atoms with Crippen LogP contribution in [-0.2, 0) is 0 Å². The van der Waals surface area contributed by atoms with Crippen molar-refractivity contribution < 1.29 is 8.78 Å². The Labute approximate surface area is 110 Å². The van der Waals surface area contributed by atoms with E-state index in [1.54, 1.807) is 24.3 Å². The minimum atomic E-state index is -0.875. The molecule has 1 atom stereocenters.